The summed E-state index contributed by atoms with van der Waals surface area (Å²) in [4.78, 5) is 11.8. The summed E-state index contributed by atoms with van der Waals surface area (Å²) in [6.45, 7) is 7.00. The van der Waals surface area contributed by atoms with Crippen LogP contribution >= 0.6 is 11.3 Å². The van der Waals surface area contributed by atoms with Crippen LogP contribution in [0.15, 0.2) is 24.5 Å². The number of likely N-dealkylation sites (tertiary alicyclic amines) is 1. The van der Waals surface area contributed by atoms with E-state index in [2.05, 4.69) is 42.0 Å². The van der Waals surface area contributed by atoms with Gasteiger partial charge < -0.3 is 14.7 Å². The molecule has 0 bridgehead atoms. The second kappa shape index (κ2) is 8.96. The largest absolute Gasteiger partial charge is 0.347 e. The highest BCUT2D eigenvalue weighted by molar-refractivity contribution is 7.19. The van der Waals surface area contributed by atoms with Crippen molar-refractivity contribution in [3.8, 4) is 0 Å². The van der Waals surface area contributed by atoms with Gasteiger partial charge in [-0.25, -0.2) is 0 Å². The van der Waals surface area contributed by atoms with Crippen molar-refractivity contribution < 1.29 is 0 Å². The van der Waals surface area contributed by atoms with Gasteiger partial charge in [0, 0.05) is 44.6 Å². The number of anilines is 2. The van der Waals surface area contributed by atoms with Crippen molar-refractivity contribution in [1.82, 2.24) is 20.1 Å². The molecule has 0 unspecified atom stereocenters. The standard InChI is InChI=1S/C22H32N6S/c1-2-12-26(13-3-1)20-8-16-28(17-9-20)22-25-24-21(29-22)27-14-6-19(7-15-27)18-4-10-23-11-5-18/h4-5,10-11,19-20H,1-3,6-9,12-17H2. The summed E-state index contributed by atoms with van der Waals surface area (Å²) in [6.07, 6.45) is 12.9. The Morgan fingerprint density at radius 2 is 1.31 bits per heavy atom. The van der Waals surface area contributed by atoms with E-state index in [-0.39, 0.29) is 0 Å². The first-order valence-corrected chi connectivity index (χ1v) is 12.2. The average Bonchev–Trinajstić information content (AvgIpc) is 3.31. The number of nitrogens with zero attached hydrogens (tertiary/aromatic N) is 6. The summed E-state index contributed by atoms with van der Waals surface area (Å²) in [5.74, 6) is 0.649. The molecule has 7 heteroatoms. The zero-order valence-corrected chi connectivity index (χ0v) is 18.1. The van der Waals surface area contributed by atoms with Gasteiger partial charge in [-0.15, -0.1) is 10.2 Å². The topological polar surface area (TPSA) is 48.4 Å². The van der Waals surface area contributed by atoms with E-state index in [4.69, 9.17) is 0 Å². The van der Waals surface area contributed by atoms with Gasteiger partial charge in [-0.05, 0) is 75.2 Å². The summed E-state index contributed by atoms with van der Waals surface area (Å²) in [6, 6.07) is 5.11. The van der Waals surface area contributed by atoms with Crippen LogP contribution in [-0.4, -0.2) is 65.4 Å². The monoisotopic (exact) mass is 412 g/mol. The van der Waals surface area contributed by atoms with Crippen molar-refractivity contribution >= 4 is 21.6 Å². The van der Waals surface area contributed by atoms with Gasteiger partial charge in [0.2, 0.25) is 10.3 Å². The molecular formula is C22H32N6S. The Morgan fingerprint density at radius 3 is 1.93 bits per heavy atom. The molecule has 0 saturated carbocycles. The predicted molar refractivity (Wildman–Crippen MR) is 119 cm³/mol. The Balaban J connectivity index is 1.14. The smallest absolute Gasteiger partial charge is 0.209 e. The van der Waals surface area contributed by atoms with Crippen LogP contribution in [0.25, 0.3) is 0 Å². The van der Waals surface area contributed by atoms with Crippen LogP contribution in [0.5, 0.6) is 0 Å². The number of piperidine rings is 3. The second-order valence-electron chi connectivity index (χ2n) is 8.72. The predicted octanol–water partition coefficient (Wildman–Crippen LogP) is 3.77. The summed E-state index contributed by atoms with van der Waals surface area (Å²) in [5.41, 5.74) is 1.43. The lowest BCUT2D eigenvalue weighted by Crippen LogP contribution is -2.46. The van der Waals surface area contributed by atoms with Crippen LogP contribution < -0.4 is 9.80 Å². The third-order valence-electron chi connectivity index (χ3n) is 6.99. The van der Waals surface area contributed by atoms with Crippen molar-refractivity contribution in [3.63, 3.8) is 0 Å². The highest BCUT2D eigenvalue weighted by atomic mass is 32.1. The first kappa shape index (κ1) is 19.2. The minimum atomic E-state index is 0.649. The minimum absolute atomic E-state index is 0.649. The average molecular weight is 413 g/mol. The fraction of sp³-hybridized carbons (Fsp3) is 0.682. The molecule has 5 heterocycles. The molecule has 0 N–H and O–H groups in total. The van der Waals surface area contributed by atoms with E-state index in [0.717, 1.165) is 42.5 Å². The Morgan fingerprint density at radius 1 is 0.724 bits per heavy atom. The summed E-state index contributed by atoms with van der Waals surface area (Å²) in [7, 11) is 0. The van der Waals surface area contributed by atoms with Crippen molar-refractivity contribution in [1.29, 1.82) is 0 Å². The molecule has 0 amide bonds. The van der Waals surface area contributed by atoms with E-state index < -0.39 is 0 Å². The van der Waals surface area contributed by atoms with E-state index in [0.29, 0.717) is 5.92 Å². The van der Waals surface area contributed by atoms with Gasteiger partial charge in [-0.2, -0.15) is 0 Å². The lowest BCUT2D eigenvalue weighted by molar-refractivity contribution is 0.141. The number of aromatic nitrogens is 3. The molecule has 6 nitrogen and oxygen atoms in total. The van der Waals surface area contributed by atoms with Gasteiger partial charge in [0.15, 0.2) is 0 Å². The molecule has 5 rings (SSSR count). The van der Waals surface area contributed by atoms with Gasteiger partial charge >= 0.3 is 0 Å². The molecular weight excluding hydrogens is 380 g/mol. The molecule has 0 aliphatic carbocycles. The zero-order valence-electron chi connectivity index (χ0n) is 17.2. The lowest BCUT2D eigenvalue weighted by Gasteiger charge is -2.40. The summed E-state index contributed by atoms with van der Waals surface area (Å²) in [5, 5.41) is 11.3. The third kappa shape index (κ3) is 4.40. The van der Waals surface area contributed by atoms with E-state index in [1.165, 1.54) is 63.6 Å². The Kier molecular flexibility index (Phi) is 5.95. The van der Waals surface area contributed by atoms with Crippen LogP contribution in [0.3, 0.4) is 0 Å². The highest BCUT2D eigenvalue weighted by Crippen LogP contribution is 2.34. The van der Waals surface area contributed by atoms with Crippen molar-refractivity contribution in [2.45, 2.75) is 56.9 Å². The van der Waals surface area contributed by atoms with E-state index >= 15 is 0 Å². The molecule has 156 valence electrons. The lowest BCUT2D eigenvalue weighted by atomic mass is 9.90. The highest BCUT2D eigenvalue weighted by Gasteiger charge is 2.28. The SMILES string of the molecule is c1cc(C2CCN(c3nnc(N4CCC(N5CCCCC5)CC4)s3)CC2)ccn1. The molecule has 0 spiro atoms. The van der Waals surface area contributed by atoms with Crippen LogP contribution in [0.4, 0.5) is 10.3 Å². The van der Waals surface area contributed by atoms with Crippen molar-refractivity contribution in [2.24, 2.45) is 0 Å². The number of rotatable bonds is 4. The summed E-state index contributed by atoms with van der Waals surface area (Å²) >= 11 is 1.79. The van der Waals surface area contributed by atoms with Crippen LogP contribution in [0.2, 0.25) is 0 Å². The number of pyridine rings is 1. The zero-order chi connectivity index (χ0) is 19.5. The van der Waals surface area contributed by atoms with Crippen molar-refractivity contribution in [3.05, 3.63) is 30.1 Å². The maximum absolute atomic E-state index is 4.56. The maximum Gasteiger partial charge on any atom is 0.209 e. The van der Waals surface area contributed by atoms with Gasteiger partial charge in [0.25, 0.3) is 0 Å². The normalized spacial score (nSPS) is 22.9. The van der Waals surface area contributed by atoms with E-state index in [1.54, 1.807) is 11.3 Å². The minimum Gasteiger partial charge on any atom is -0.347 e. The molecule has 0 atom stereocenters. The quantitative estimate of drug-likeness (QED) is 0.762. The van der Waals surface area contributed by atoms with Crippen LogP contribution in [-0.2, 0) is 0 Å². The molecule has 3 fully saturated rings. The molecule has 3 saturated heterocycles. The second-order valence-corrected chi connectivity index (χ2v) is 9.66. The van der Waals surface area contributed by atoms with Crippen molar-refractivity contribution in [2.75, 3.05) is 49.1 Å². The van der Waals surface area contributed by atoms with E-state index in [1.807, 2.05) is 12.4 Å². The van der Waals surface area contributed by atoms with Gasteiger partial charge in [-0.1, -0.05) is 17.8 Å². The Hall–Kier alpha value is -1.73. The Bertz CT molecular complexity index is 759. The molecule has 0 aromatic carbocycles. The molecule has 3 aliphatic heterocycles. The molecule has 3 aliphatic rings. The Labute approximate surface area is 177 Å². The fourth-order valence-corrected chi connectivity index (χ4v) is 6.16. The molecule has 29 heavy (non-hydrogen) atoms. The number of hydrogen-bond acceptors (Lipinski definition) is 7. The van der Waals surface area contributed by atoms with Gasteiger partial charge in [-0.3, -0.25) is 4.98 Å². The third-order valence-corrected chi connectivity index (χ3v) is 8.03. The van der Waals surface area contributed by atoms with E-state index in [9.17, 15) is 0 Å². The van der Waals surface area contributed by atoms with Gasteiger partial charge in [0.05, 0.1) is 0 Å². The molecule has 2 aromatic heterocycles. The van der Waals surface area contributed by atoms with Crippen LogP contribution in [0.1, 0.15) is 56.4 Å². The van der Waals surface area contributed by atoms with Crippen LogP contribution in [0, 0.1) is 0 Å². The summed E-state index contributed by atoms with van der Waals surface area (Å²) < 4.78 is 0. The van der Waals surface area contributed by atoms with Gasteiger partial charge in [0.1, 0.15) is 0 Å². The fourth-order valence-electron chi connectivity index (χ4n) is 5.21. The number of hydrogen-bond donors (Lipinski definition) is 0. The first-order chi connectivity index (χ1) is 14.4. The maximum atomic E-state index is 4.56. The molecule has 2 aromatic rings. The first-order valence-electron chi connectivity index (χ1n) is 11.3. The molecule has 0 radical (unpaired) electrons.